The maximum absolute atomic E-state index is 12.5. The SMILES string of the molecule is COCCCNC(=O)C1(C(=O)Nc2cc(Cl)ccc2C)CC1. The van der Waals surface area contributed by atoms with Crippen LogP contribution in [0.2, 0.25) is 5.02 Å². The van der Waals surface area contributed by atoms with Gasteiger partial charge in [-0.2, -0.15) is 0 Å². The molecule has 1 aliphatic carbocycles. The molecule has 2 rings (SSSR count). The molecule has 0 bridgehead atoms. The number of benzene rings is 1. The molecule has 5 nitrogen and oxygen atoms in total. The van der Waals surface area contributed by atoms with E-state index < -0.39 is 5.41 Å². The van der Waals surface area contributed by atoms with Crippen LogP contribution in [0.5, 0.6) is 0 Å². The summed E-state index contributed by atoms with van der Waals surface area (Å²) in [5.74, 6) is -0.470. The lowest BCUT2D eigenvalue weighted by molar-refractivity contribution is -0.134. The largest absolute Gasteiger partial charge is 0.385 e. The van der Waals surface area contributed by atoms with E-state index >= 15 is 0 Å². The minimum atomic E-state index is -0.929. The maximum atomic E-state index is 12.5. The Kier molecular flexibility index (Phi) is 5.42. The van der Waals surface area contributed by atoms with Gasteiger partial charge in [0.25, 0.3) is 0 Å². The summed E-state index contributed by atoms with van der Waals surface area (Å²) in [6, 6.07) is 5.30. The normalized spacial score (nSPS) is 15.2. The quantitative estimate of drug-likeness (QED) is 0.598. The molecule has 0 aromatic heterocycles. The first-order valence-electron chi connectivity index (χ1n) is 7.34. The number of amides is 2. The van der Waals surface area contributed by atoms with Gasteiger partial charge < -0.3 is 15.4 Å². The molecule has 2 N–H and O–H groups in total. The number of ether oxygens (including phenoxy) is 1. The number of carbonyl (C=O) groups excluding carboxylic acids is 2. The van der Waals surface area contributed by atoms with E-state index in [9.17, 15) is 9.59 Å². The second kappa shape index (κ2) is 7.11. The zero-order chi connectivity index (χ0) is 16.2. The summed E-state index contributed by atoms with van der Waals surface area (Å²) >= 11 is 5.95. The van der Waals surface area contributed by atoms with Gasteiger partial charge in [-0.05, 0) is 43.9 Å². The Hall–Kier alpha value is -1.59. The van der Waals surface area contributed by atoms with E-state index in [4.69, 9.17) is 16.3 Å². The Balaban J connectivity index is 1.96. The van der Waals surface area contributed by atoms with Crippen LogP contribution in [0.15, 0.2) is 18.2 Å². The third-order valence-electron chi connectivity index (χ3n) is 3.88. The average Bonchev–Trinajstić information content (AvgIpc) is 3.29. The number of anilines is 1. The standard InChI is InChI=1S/C16H21ClN2O3/c1-11-4-5-12(17)10-13(11)19-15(21)16(6-7-16)14(20)18-8-3-9-22-2/h4-5,10H,3,6-9H2,1-2H3,(H,18,20)(H,19,21). The minimum absolute atomic E-state index is 0.208. The monoisotopic (exact) mass is 324 g/mol. The lowest BCUT2D eigenvalue weighted by Gasteiger charge is -2.16. The van der Waals surface area contributed by atoms with E-state index in [1.54, 1.807) is 19.2 Å². The van der Waals surface area contributed by atoms with Crippen LogP contribution in [0, 0.1) is 12.3 Å². The van der Waals surface area contributed by atoms with Crippen molar-refractivity contribution in [3.05, 3.63) is 28.8 Å². The van der Waals surface area contributed by atoms with Crippen LogP contribution in [0.25, 0.3) is 0 Å². The lowest BCUT2D eigenvalue weighted by atomic mass is 10.0. The van der Waals surface area contributed by atoms with Crippen LogP contribution in [0.4, 0.5) is 5.69 Å². The molecule has 0 spiro atoms. The first kappa shape index (κ1) is 16.8. The summed E-state index contributed by atoms with van der Waals surface area (Å²) in [6.45, 7) is 2.98. The van der Waals surface area contributed by atoms with Crippen molar-refractivity contribution in [2.45, 2.75) is 26.2 Å². The first-order valence-corrected chi connectivity index (χ1v) is 7.72. The molecule has 0 radical (unpaired) electrons. The van der Waals surface area contributed by atoms with Crippen molar-refractivity contribution in [1.29, 1.82) is 0 Å². The van der Waals surface area contributed by atoms with Crippen LogP contribution >= 0.6 is 11.6 Å². The molecule has 1 aromatic carbocycles. The van der Waals surface area contributed by atoms with Gasteiger partial charge in [0.2, 0.25) is 11.8 Å². The van der Waals surface area contributed by atoms with Gasteiger partial charge in [-0.15, -0.1) is 0 Å². The van der Waals surface area contributed by atoms with Gasteiger partial charge >= 0.3 is 0 Å². The van der Waals surface area contributed by atoms with Crippen molar-refractivity contribution in [3.63, 3.8) is 0 Å². The molecule has 1 fully saturated rings. The van der Waals surface area contributed by atoms with E-state index in [1.165, 1.54) is 0 Å². The van der Waals surface area contributed by atoms with Crippen molar-refractivity contribution in [2.75, 3.05) is 25.6 Å². The molecule has 22 heavy (non-hydrogen) atoms. The summed E-state index contributed by atoms with van der Waals surface area (Å²) in [6.07, 6.45) is 1.89. The zero-order valence-corrected chi connectivity index (χ0v) is 13.6. The average molecular weight is 325 g/mol. The summed E-state index contributed by atoms with van der Waals surface area (Å²) in [5.41, 5.74) is 0.631. The highest BCUT2D eigenvalue weighted by molar-refractivity contribution is 6.31. The summed E-state index contributed by atoms with van der Waals surface area (Å²) in [7, 11) is 1.62. The van der Waals surface area contributed by atoms with Crippen molar-refractivity contribution in [3.8, 4) is 0 Å². The third-order valence-corrected chi connectivity index (χ3v) is 4.11. The van der Waals surface area contributed by atoms with Crippen molar-refractivity contribution < 1.29 is 14.3 Å². The lowest BCUT2D eigenvalue weighted by Crippen LogP contribution is -2.40. The van der Waals surface area contributed by atoms with E-state index in [1.807, 2.05) is 13.0 Å². The van der Waals surface area contributed by atoms with Gasteiger partial charge in [0.15, 0.2) is 0 Å². The third kappa shape index (κ3) is 3.78. The fourth-order valence-electron chi connectivity index (χ4n) is 2.24. The number of hydrogen-bond acceptors (Lipinski definition) is 3. The molecule has 0 unspecified atom stereocenters. The molecule has 0 heterocycles. The predicted molar refractivity (Wildman–Crippen MR) is 86.0 cm³/mol. The molecule has 0 atom stereocenters. The molecule has 1 saturated carbocycles. The Morgan fingerprint density at radius 3 is 2.68 bits per heavy atom. The molecule has 1 aromatic rings. The Bertz CT molecular complexity index is 571. The number of carbonyl (C=O) groups is 2. The van der Waals surface area contributed by atoms with Crippen molar-refractivity contribution >= 4 is 29.1 Å². The molecule has 2 amide bonds. The van der Waals surface area contributed by atoms with E-state index in [2.05, 4.69) is 10.6 Å². The van der Waals surface area contributed by atoms with Crippen LogP contribution in [0.3, 0.4) is 0 Å². The van der Waals surface area contributed by atoms with Gasteiger partial charge in [-0.1, -0.05) is 17.7 Å². The Labute approximate surface area is 135 Å². The molecule has 1 aliphatic rings. The number of rotatable bonds is 7. The summed E-state index contributed by atoms with van der Waals surface area (Å²) in [5, 5.41) is 6.19. The number of methoxy groups -OCH3 is 1. The van der Waals surface area contributed by atoms with Gasteiger partial charge in [0, 0.05) is 31.0 Å². The maximum Gasteiger partial charge on any atom is 0.240 e. The smallest absolute Gasteiger partial charge is 0.240 e. The first-order chi connectivity index (χ1) is 10.5. The van der Waals surface area contributed by atoms with Gasteiger partial charge in [-0.25, -0.2) is 0 Å². The van der Waals surface area contributed by atoms with Crippen molar-refractivity contribution in [2.24, 2.45) is 5.41 Å². The summed E-state index contributed by atoms with van der Waals surface area (Å²) in [4.78, 5) is 24.7. The van der Waals surface area contributed by atoms with E-state index in [0.717, 1.165) is 12.0 Å². The number of hydrogen-bond donors (Lipinski definition) is 2. The zero-order valence-electron chi connectivity index (χ0n) is 12.9. The molecule has 0 saturated heterocycles. The molecular formula is C16H21ClN2O3. The second-order valence-electron chi connectivity index (χ2n) is 5.60. The molecular weight excluding hydrogens is 304 g/mol. The van der Waals surface area contributed by atoms with Crippen molar-refractivity contribution in [1.82, 2.24) is 5.32 Å². The number of nitrogens with one attached hydrogen (secondary N) is 2. The Morgan fingerprint density at radius 1 is 1.32 bits per heavy atom. The predicted octanol–water partition coefficient (Wildman–Crippen LogP) is 2.52. The van der Waals surface area contributed by atoms with E-state index in [0.29, 0.717) is 36.7 Å². The molecule has 6 heteroatoms. The van der Waals surface area contributed by atoms with Crippen LogP contribution < -0.4 is 10.6 Å². The highest BCUT2D eigenvalue weighted by atomic mass is 35.5. The fourth-order valence-corrected chi connectivity index (χ4v) is 2.41. The van der Waals surface area contributed by atoms with Gasteiger partial charge in [0.05, 0.1) is 0 Å². The van der Waals surface area contributed by atoms with E-state index in [-0.39, 0.29) is 11.8 Å². The van der Waals surface area contributed by atoms with Crippen LogP contribution in [-0.2, 0) is 14.3 Å². The molecule has 120 valence electrons. The van der Waals surface area contributed by atoms with Gasteiger partial charge in [0.1, 0.15) is 5.41 Å². The highest BCUT2D eigenvalue weighted by Crippen LogP contribution is 2.47. The van der Waals surface area contributed by atoms with Gasteiger partial charge in [-0.3, -0.25) is 9.59 Å². The fraction of sp³-hybridized carbons (Fsp3) is 0.500. The Morgan fingerprint density at radius 2 is 2.05 bits per heavy atom. The number of aryl methyl sites for hydroxylation is 1. The minimum Gasteiger partial charge on any atom is -0.385 e. The number of halogens is 1. The second-order valence-corrected chi connectivity index (χ2v) is 6.03. The van der Waals surface area contributed by atoms with Crippen LogP contribution in [0.1, 0.15) is 24.8 Å². The molecule has 0 aliphatic heterocycles. The topological polar surface area (TPSA) is 67.4 Å². The van der Waals surface area contributed by atoms with Crippen LogP contribution in [-0.4, -0.2) is 32.1 Å². The summed E-state index contributed by atoms with van der Waals surface area (Å²) < 4.78 is 4.93. The highest BCUT2D eigenvalue weighted by Gasteiger charge is 2.56.